The number of esters is 1. The average Bonchev–Trinajstić information content (AvgIpc) is 3.21. The molecule has 36 heavy (non-hydrogen) atoms. The highest BCUT2D eigenvalue weighted by Gasteiger charge is 2.32. The van der Waals surface area contributed by atoms with E-state index in [9.17, 15) is 14.7 Å². The highest BCUT2D eigenvalue weighted by molar-refractivity contribution is 7.07. The van der Waals surface area contributed by atoms with Crippen molar-refractivity contribution in [3.05, 3.63) is 126 Å². The number of carbonyl (C=O) groups excluding carboxylic acids is 1. The van der Waals surface area contributed by atoms with Gasteiger partial charge in [0.15, 0.2) is 4.80 Å². The number of ether oxygens (including phenoxy) is 1. The Bertz CT molecular complexity index is 1730. The van der Waals surface area contributed by atoms with Gasteiger partial charge in [0.05, 0.1) is 28.9 Å². The van der Waals surface area contributed by atoms with Gasteiger partial charge in [-0.1, -0.05) is 59.9 Å². The van der Waals surface area contributed by atoms with Gasteiger partial charge in [-0.2, -0.15) is 0 Å². The largest absolute Gasteiger partial charge is 0.508 e. The van der Waals surface area contributed by atoms with Gasteiger partial charge in [-0.15, -0.1) is 0 Å². The number of phenolic OH excluding ortho intramolecular Hbond substituents is 1. The number of thiazole rings is 1. The fourth-order valence-corrected chi connectivity index (χ4v) is 6.01. The maximum absolute atomic E-state index is 13.8. The summed E-state index contributed by atoms with van der Waals surface area (Å²) in [6, 6.07) is 22.0. The first-order valence-electron chi connectivity index (χ1n) is 11.6. The number of phenols is 1. The monoisotopic (exact) mass is 494 g/mol. The molecule has 0 radical (unpaired) electrons. The number of fused-ring (bicyclic) bond motifs is 3. The summed E-state index contributed by atoms with van der Waals surface area (Å²) in [5.74, 6) is -0.254. The molecule has 0 fully saturated rings. The molecule has 0 spiro atoms. The van der Waals surface area contributed by atoms with Crippen molar-refractivity contribution in [2.45, 2.75) is 18.9 Å². The zero-order chi connectivity index (χ0) is 24.8. The Kier molecular flexibility index (Phi) is 5.42. The third-order valence-corrected chi connectivity index (χ3v) is 7.67. The summed E-state index contributed by atoms with van der Waals surface area (Å²) in [5.41, 5.74) is 6.34. The van der Waals surface area contributed by atoms with Crippen LogP contribution in [-0.4, -0.2) is 22.8 Å². The van der Waals surface area contributed by atoms with E-state index < -0.39 is 5.97 Å². The van der Waals surface area contributed by atoms with Crippen LogP contribution in [0.1, 0.15) is 45.1 Å². The Balaban J connectivity index is 1.59. The molecule has 1 unspecified atom stereocenters. The Morgan fingerprint density at radius 3 is 2.67 bits per heavy atom. The number of aryl methyl sites for hydroxylation is 1. The van der Waals surface area contributed by atoms with Crippen LogP contribution in [0.2, 0.25) is 0 Å². The molecule has 2 aliphatic rings. The summed E-state index contributed by atoms with van der Waals surface area (Å²) in [6.07, 6.45) is 3.45. The molecule has 1 atom stereocenters. The molecule has 2 heterocycles. The lowest BCUT2D eigenvalue weighted by atomic mass is 9.83. The van der Waals surface area contributed by atoms with Gasteiger partial charge in [-0.25, -0.2) is 9.79 Å². The lowest BCUT2D eigenvalue weighted by Gasteiger charge is -2.30. The van der Waals surface area contributed by atoms with E-state index in [1.807, 2.05) is 30.3 Å². The molecular weight excluding hydrogens is 472 g/mol. The standard InChI is InChI=1S/C29H22N2O4S/c1-35-28(34)20-11-9-19(10-12-20)26-23-14-13-18-6-2-3-8-22(18)25(23)30-29-31(26)27(33)24(36-29)16-17-5-4-7-21(32)15-17/h2-12,15-16,26,32H,13-14H2,1H3/b24-16+. The maximum Gasteiger partial charge on any atom is 0.337 e. The van der Waals surface area contributed by atoms with Gasteiger partial charge in [0.2, 0.25) is 0 Å². The van der Waals surface area contributed by atoms with Gasteiger partial charge < -0.3 is 9.84 Å². The van der Waals surface area contributed by atoms with Gasteiger partial charge in [-0.05, 0) is 65.4 Å². The summed E-state index contributed by atoms with van der Waals surface area (Å²) < 4.78 is 7.16. The van der Waals surface area contributed by atoms with Gasteiger partial charge in [0.1, 0.15) is 5.75 Å². The van der Waals surface area contributed by atoms with Crippen molar-refractivity contribution < 1.29 is 14.6 Å². The highest BCUT2D eigenvalue weighted by atomic mass is 32.1. The second kappa shape index (κ2) is 8.77. The minimum absolute atomic E-state index is 0.130. The Morgan fingerprint density at radius 1 is 1.08 bits per heavy atom. The maximum atomic E-state index is 13.8. The fourth-order valence-electron chi connectivity index (χ4n) is 5.01. The molecule has 1 aliphatic carbocycles. The third kappa shape index (κ3) is 3.69. The Morgan fingerprint density at radius 2 is 1.89 bits per heavy atom. The summed E-state index contributed by atoms with van der Waals surface area (Å²) in [5, 5.41) is 9.87. The number of allylic oxidation sites excluding steroid dienone is 1. The van der Waals surface area contributed by atoms with Crippen molar-refractivity contribution >= 4 is 29.1 Å². The SMILES string of the molecule is COC(=O)c1ccc(C2C3=C(N=c4s/c(=C/c5cccc(O)c5)c(=O)n42)c2ccccc2CC3)cc1. The van der Waals surface area contributed by atoms with Crippen LogP contribution in [0.4, 0.5) is 0 Å². The quantitative estimate of drug-likeness (QED) is 0.439. The number of hydrogen-bond acceptors (Lipinski definition) is 6. The van der Waals surface area contributed by atoms with Crippen molar-refractivity contribution in [3.63, 3.8) is 0 Å². The summed E-state index contributed by atoms with van der Waals surface area (Å²) >= 11 is 1.34. The fraction of sp³-hybridized carbons (Fsp3) is 0.138. The van der Waals surface area contributed by atoms with Crippen LogP contribution < -0.4 is 14.9 Å². The molecular formula is C29H22N2O4S. The first-order chi connectivity index (χ1) is 17.5. The zero-order valence-corrected chi connectivity index (χ0v) is 20.3. The van der Waals surface area contributed by atoms with Crippen LogP contribution in [0.5, 0.6) is 5.75 Å². The minimum Gasteiger partial charge on any atom is -0.508 e. The molecule has 178 valence electrons. The lowest BCUT2D eigenvalue weighted by molar-refractivity contribution is 0.0600. The molecule has 1 aromatic heterocycles. The second-order valence-electron chi connectivity index (χ2n) is 8.82. The zero-order valence-electron chi connectivity index (χ0n) is 19.5. The van der Waals surface area contributed by atoms with Gasteiger partial charge in [0.25, 0.3) is 5.56 Å². The topological polar surface area (TPSA) is 80.9 Å². The van der Waals surface area contributed by atoms with E-state index in [0.717, 1.165) is 40.8 Å². The van der Waals surface area contributed by atoms with E-state index in [0.29, 0.717) is 14.9 Å². The van der Waals surface area contributed by atoms with Crippen molar-refractivity contribution in [1.82, 2.24) is 4.57 Å². The molecule has 6 nitrogen and oxygen atoms in total. The summed E-state index contributed by atoms with van der Waals surface area (Å²) in [7, 11) is 1.36. The van der Waals surface area contributed by atoms with E-state index in [4.69, 9.17) is 9.73 Å². The number of benzene rings is 3. The molecule has 1 N–H and O–H groups in total. The molecule has 0 amide bonds. The first kappa shape index (κ1) is 22.2. The van der Waals surface area contributed by atoms with Crippen molar-refractivity contribution in [1.29, 1.82) is 0 Å². The van der Waals surface area contributed by atoms with Crippen LogP contribution in [0, 0.1) is 0 Å². The average molecular weight is 495 g/mol. The number of methoxy groups -OCH3 is 1. The predicted molar refractivity (Wildman–Crippen MR) is 139 cm³/mol. The Labute approximate surface area is 210 Å². The number of hydrogen-bond donors (Lipinski definition) is 1. The van der Waals surface area contributed by atoms with Crippen molar-refractivity contribution in [2.75, 3.05) is 7.11 Å². The van der Waals surface area contributed by atoms with Crippen LogP contribution in [0.15, 0.2) is 88.2 Å². The van der Waals surface area contributed by atoms with Crippen LogP contribution in [-0.2, 0) is 11.2 Å². The van der Waals surface area contributed by atoms with Crippen molar-refractivity contribution in [2.24, 2.45) is 4.99 Å². The van der Waals surface area contributed by atoms with Crippen LogP contribution >= 0.6 is 11.3 Å². The lowest BCUT2D eigenvalue weighted by Crippen LogP contribution is -2.38. The predicted octanol–water partition coefficient (Wildman–Crippen LogP) is 3.81. The molecule has 0 saturated heterocycles. The number of aromatic nitrogens is 1. The van der Waals surface area contributed by atoms with Gasteiger partial charge >= 0.3 is 5.97 Å². The van der Waals surface area contributed by atoms with Crippen LogP contribution in [0.25, 0.3) is 11.8 Å². The number of nitrogens with zero attached hydrogens (tertiary/aromatic N) is 2. The number of aromatic hydroxyl groups is 1. The second-order valence-corrected chi connectivity index (χ2v) is 9.83. The third-order valence-electron chi connectivity index (χ3n) is 6.69. The number of carbonyl (C=O) groups is 1. The summed E-state index contributed by atoms with van der Waals surface area (Å²) in [6.45, 7) is 0. The molecule has 4 aromatic rings. The highest BCUT2D eigenvalue weighted by Crippen LogP contribution is 2.41. The summed E-state index contributed by atoms with van der Waals surface area (Å²) in [4.78, 5) is 31.4. The molecule has 6 rings (SSSR count). The van der Waals surface area contributed by atoms with E-state index in [1.165, 1.54) is 24.0 Å². The van der Waals surface area contributed by atoms with E-state index in [2.05, 4.69) is 12.1 Å². The molecule has 0 bridgehead atoms. The van der Waals surface area contributed by atoms with E-state index in [1.54, 1.807) is 41.0 Å². The van der Waals surface area contributed by atoms with Crippen molar-refractivity contribution in [3.8, 4) is 5.75 Å². The Hall–Kier alpha value is -4.23. The minimum atomic E-state index is -0.400. The van der Waals surface area contributed by atoms with E-state index >= 15 is 0 Å². The normalized spacial score (nSPS) is 16.6. The van der Waals surface area contributed by atoms with Crippen LogP contribution in [0.3, 0.4) is 0 Å². The molecule has 0 saturated carbocycles. The first-order valence-corrected chi connectivity index (χ1v) is 12.5. The molecule has 3 aromatic carbocycles. The van der Waals surface area contributed by atoms with E-state index in [-0.39, 0.29) is 17.4 Å². The molecule has 7 heteroatoms. The smallest absolute Gasteiger partial charge is 0.337 e. The van der Waals surface area contributed by atoms with Gasteiger partial charge in [0, 0.05) is 5.56 Å². The van der Waals surface area contributed by atoms with Gasteiger partial charge in [-0.3, -0.25) is 9.36 Å². The number of rotatable bonds is 3. The molecule has 1 aliphatic heterocycles.